The molecule has 2 nitrogen and oxygen atoms in total. The van der Waals surface area contributed by atoms with E-state index in [0.29, 0.717) is 27.6 Å². The third-order valence-electron chi connectivity index (χ3n) is 11.6. The smallest absolute Gasteiger partial charge is 0.152 e. The van der Waals surface area contributed by atoms with Crippen LogP contribution in [0.25, 0.3) is 21.9 Å². The van der Waals surface area contributed by atoms with E-state index in [1.54, 1.807) is 6.07 Å². The lowest BCUT2D eigenvalue weighted by Gasteiger charge is -2.20. The van der Waals surface area contributed by atoms with Crippen molar-refractivity contribution in [3.63, 3.8) is 0 Å². The molecular formula is C56H36F4N2. The second kappa shape index (κ2) is 16.4. The predicted octanol–water partition coefficient (Wildman–Crippen LogP) is 14.7. The largest absolute Gasteiger partial charge is 0.240 e. The standard InChI is InChI=1S/C56H36F4N2/c57-46-31-40(50(36-19-8-2-9-20-36)37-21-10-3-11-22-37)32-47(58)55(46)61-53-44-28-16-27-43-42(35-17-6-1-7-18-35)29-30-45(52(43)44)54(53)62-56-48(59)33-41(34-49(56)60)51(38-23-12-4-13-24-38)39-25-14-5-15-26-39/h1-34,50-51H. The van der Waals surface area contributed by atoms with Gasteiger partial charge < -0.3 is 0 Å². The van der Waals surface area contributed by atoms with Gasteiger partial charge in [-0.15, -0.1) is 0 Å². The van der Waals surface area contributed by atoms with Gasteiger partial charge in [0.2, 0.25) is 0 Å². The zero-order valence-electron chi connectivity index (χ0n) is 33.2. The fourth-order valence-corrected chi connectivity index (χ4v) is 8.83. The number of aliphatic imine (C=N–C) groups is 2. The molecule has 9 aromatic rings. The molecular weight excluding hydrogens is 777 g/mol. The van der Waals surface area contributed by atoms with Gasteiger partial charge in [-0.25, -0.2) is 27.5 Å². The molecule has 0 aromatic heterocycles. The Hall–Kier alpha value is -7.70. The van der Waals surface area contributed by atoms with Crippen LogP contribution in [-0.2, 0) is 0 Å². The van der Waals surface area contributed by atoms with Crippen molar-refractivity contribution in [3.8, 4) is 11.1 Å². The monoisotopic (exact) mass is 812 g/mol. The second-order valence-electron chi connectivity index (χ2n) is 15.4. The average molecular weight is 813 g/mol. The molecule has 10 rings (SSSR count). The highest BCUT2D eigenvalue weighted by Gasteiger charge is 2.31. The van der Waals surface area contributed by atoms with Crippen molar-refractivity contribution < 1.29 is 17.6 Å². The van der Waals surface area contributed by atoms with Crippen molar-refractivity contribution in [2.24, 2.45) is 9.98 Å². The lowest BCUT2D eigenvalue weighted by Crippen LogP contribution is -2.12. The van der Waals surface area contributed by atoms with Crippen LogP contribution in [0.2, 0.25) is 0 Å². The molecule has 1 aliphatic rings. The van der Waals surface area contributed by atoms with Crippen LogP contribution >= 0.6 is 0 Å². The quantitative estimate of drug-likeness (QED) is 0.102. The first-order valence-electron chi connectivity index (χ1n) is 20.4. The van der Waals surface area contributed by atoms with Gasteiger partial charge in [-0.2, -0.15) is 0 Å². The van der Waals surface area contributed by atoms with Crippen molar-refractivity contribution in [3.05, 3.63) is 274 Å². The highest BCUT2D eigenvalue weighted by atomic mass is 19.1. The molecule has 0 unspecified atom stereocenters. The Kier molecular flexibility index (Phi) is 10.2. The van der Waals surface area contributed by atoms with Crippen LogP contribution in [0.3, 0.4) is 0 Å². The normalized spacial score (nSPS) is 13.5. The topological polar surface area (TPSA) is 24.7 Å². The van der Waals surface area contributed by atoms with E-state index < -0.39 is 46.5 Å². The minimum atomic E-state index is -0.883. The van der Waals surface area contributed by atoms with E-state index in [1.165, 1.54) is 24.3 Å². The van der Waals surface area contributed by atoms with E-state index in [4.69, 9.17) is 9.98 Å². The zero-order chi connectivity index (χ0) is 42.2. The number of hydrogen-bond acceptors (Lipinski definition) is 2. The summed E-state index contributed by atoms with van der Waals surface area (Å²) < 4.78 is 66.5. The number of nitrogens with zero attached hydrogens (tertiary/aromatic N) is 2. The van der Waals surface area contributed by atoms with Gasteiger partial charge >= 0.3 is 0 Å². The molecule has 1 aliphatic carbocycles. The maximum atomic E-state index is 16.6. The first kappa shape index (κ1) is 38.5. The van der Waals surface area contributed by atoms with Crippen LogP contribution in [0.5, 0.6) is 0 Å². The summed E-state index contributed by atoms with van der Waals surface area (Å²) in [6.45, 7) is 0. The summed E-state index contributed by atoms with van der Waals surface area (Å²) >= 11 is 0. The maximum Gasteiger partial charge on any atom is 0.152 e. The summed E-state index contributed by atoms with van der Waals surface area (Å²) in [6, 6.07) is 62.6. The Balaban J connectivity index is 1.15. The van der Waals surface area contributed by atoms with Crippen molar-refractivity contribution in [1.29, 1.82) is 0 Å². The van der Waals surface area contributed by atoms with E-state index in [1.807, 2.05) is 176 Å². The predicted molar refractivity (Wildman–Crippen MR) is 242 cm³/mol. The van der Waals surface area contributed by atoms with Crippen LogP contribution in [0, 0.1) is 23.3 Å². The van der Waals surface area contributed by atoms with E-state index in [0.717, 1.165) is 38.8 Å². The highest BCUT2D eigenvalue weighted by molar-refractivity contribution is 6.61. The number of rotatable bonds is 9. The molecule has 62 heavy (non-hydrogen) atoms. The van der Waals surface area contributed by atoms with Crippen LogP contribution < -0.4 is 0 Å². The van der Waals surface area contributed by atoms with Crippen molar-refractivity contribution >= 4 is 33.6 Å². The van der Waals surface area contributed by atoms with Gasteiger partial charge in [0.15, 0.2) is 23.3 Å². The van der Waals surface area contributed by atoms with Gasteiger partial charge in [-0.05, 0) is 74.2 Å². The fraction of sp³-hybridized carbons (Fsp3) is 0.0357. The lowest BCUT2D eigenvalue weighted by atomic mass is 9.85. The van der Waals surface area contributed by atoms with E-state index in [-0.39, 0.29) is 11.4 Å². The van der Waals surface area contributed by atoms with Crippen LogP contribution in [0.1, 0.15) is 56.3 Å². The average Bonchev–Trinajstić information content (AvgIpc) is 3.60. The zero-order valence-corrected chi connectivity index (χ0v) is 33.2. The molecule has 9 aromatic carbocycles. The third-order valence-corrected chi connectivity index (χ3v) is 11.6. The summed E-state index contributed by atoms with van der Waals surface area (Å²) in [5, 5.41) is 1.54. The van der Waals surface area contributed by atoms with Crippen LogP contribution in [-0.4, -0.2) is 11.4 Å². The Bertz CT molecular complexity index is 2860. The lowest BCUT2D eigenvalue weighted by molar-refractivity contribution is 0.582. The van der Waals surface area contributed by atoms with Crippen molar-refractivity contribution in [2.75, 3.05) is 0 Å². The van der Waals surface area contributed by atoms with Gasteiger partial charge in [0.05, 0.1) is 11.4 Å². The van der Waals surface area contributed by atoms with Crippen molar-refractivity contribution in [2.45, 2.75) is 11.8 Å². The molecule has 0 spiro atoms. The number of halogens is 4. The van der Waals surface area contributed by atoms with Gasteiger partial charge in [-0.1, -0.05) is 182 Å². The number of hydrogen-bond donors (Lipinski definition) is 0. The molecule has 0 bridgehead atoms. The first-order chi connectivity index (χ1) is 30.4. The van der Waals surface area contributed by atoms with Crippen LogP contribution in [0.4, 0.5) is 28.9 Å². The third kappa shape index (κ3) is 7.09. The van der Waals surface area contributed by atoms with E-state index in [9.17, 15) is 0 Å². The minimum Gasteiger partial charge on any atom is -0.240 e. The summed E-state index contributed by atoms with van der Waals surface area (Å²) in [6.07, 6.45) is 0. The maximum absolute atomic E-state index is 16.6. The molecule has 0 heterocycles. The summed E-state index contributed by atoms with van der Waals surface area (Å²) in [7, 11) is 0. The van der Waals surface area contributed by atoms with E-state index >= 15 is 17.6 Å². The van der Waals surface area contributed by atoms with Crippen molar-refractivity contribution in [1.82, 2.24) is 0 Å². The second-order valence-corrected chi connectivity index (χ2v) is 15.4. The van der Waals surface area contributed by atoms with Gasteiger partial charge in [0, 0.05) is 28.3 Å². The molecule has 0 N–H and O–H groups in total. The molecule has 0 saturated carbocycles. The molecule has 0 saturated heterocycles. The molecule has 0 atom stereocenters. The SMILES string of the molecule is Fc1cc(C(c2ccccc2)c2ccccc2)cc(F)c1N=C1C(=Nc2c(F)cc(C(c3ccccc3)c3ccccc3)cc2F)c2ccc(-c3ccccc3)c3cccc1c23. The molecule has 0 fully saturated rings. The Labute approximate surface area is 356 Å². The molecule has 0 amide bonds. The van der Waals surface area contributed by atoms with E-state index in [2.05, 4.69) is 0 Å². The molecule has 0 radical (unpaired) electrons. The fourth-order valence-electron chi connectivity index (χ4n) is 8.83. The molecule has 6 heteroatoms. The summed E-state index contributed by atoms with van der Waals surface area (Å²) in [4.78, 5) is 9.40. The van der Waals surface area contributed by atoms with Crippen LogP contribution in [0.15, 0.2) is 216 Å². The number of benzene rings is 9. The molecule has 298 valence electrons. The molecule has 0 aliphatic heterocycles. The Morgan fingerprint density at radius 1 is 0.306 bits per heavy atom. The van der Waals surface area contributed by atoms with Gasteiger partial charge in [0.1, 0.15) is 11.4 Å². The first-order valence-corrected chi connectivity index (χ1v) is 20.4. The summed E-state index contributed by atoms with van der Waals surface area (Å²) in [5.74, 6) is -4.45. The van der Waals surface area contributed by atoms with Gasteiger partial charge in [-0.3, -0.25) is 0 Å². The Morgan fingerprint density at radius 3 is 1.03 bits per heavy atom. The minimum absolute atomic E-state index is 0.0957. The van der Waals surface area contributed by atoms with Gasteiger partial charge in [0.25, 0.3) is 0 Å². The highest BCUT2D eigenvalue weighted by Crippen LogP contribution is 2.42. The Morgan fingerprint density at radius 2 is 0.645 bits per heavy atom. The summed E-state index contributed by atoms with van der Waals surface area (Å²) in [5.41, 5.74) is 6.36.